The van der Waals surface area contributed by atoms with Gasteiger partial charge in [0, 0.05) is 16.3 Å². The molecule has 0 saturated carbocycles. The van der Waals surface area contributed by atoms with Gasteiger partial charge in [-0.3, -0.25) is 0 Å². The summed E-state index contributed by atoms with van der Waals surface area (Å²) in [4.78, 5) is 11.8. The second kappa shape index (κ2) is 5.67. The summed E-state index contributed by atoms with van der Waals surface area (Å²) in [6.45, 7) is 3.59. The molecule has 94 valence electrons. The Labute approximate surface area is 101 Å². The molecule has 1 atom stereocenters. The Morgan fingerprint density at radius 3 is 2.41 bits per heavy atom. The maximum Gasteiger partial charge on any atom is 0.442 e. The van der Waals surface area contributed by atoms with Crippen LogP contribution < -0.4 is 5.73 Å². The minimum Gasteiger partial charge on any atom is -0.448 e. The smallest absolute Gasteiger partial charge is 0.442 e. The first kappa shape index (κ1) is 13.5. The average molecular weight is 256 g/mol. The monoisotopic (exact) mass is 256 g/mol. The van der Waals surface area contributed by atoms with E-state index in [-0.39, 0.29) is 12.4 Å². The second-order valence-corrected chi connectivity index (χ2v) is 5.80. The van der Waals surface area contributed by atoms with Gasteiger partial charge in [0.2, 0.25) is 0 Å². The molecule has 0 aliphatic rings. The molecule has 0 aliphatic carbocycles. The third kappa shape index (κ3) is 3.45. The van der Waals surface area contributed by atoms with Gasteiger partial charge in [-0.15, -0.1) is 4.36 Å². The van der Waals surface area contributed by atoms with Crippen LogP contribution in [0.15, 0.2) is 33.5 Å². The maximum atomic E-state index is 12.4. The van der Waals surface area contributed by atoms with Crippen LogP contribution in [0.5, 0.6) is 0 Å². The Morgan fingerprint density at radius 2 is 1.94 bits per heavy atom. The van der Waals surface area contributed by atoms with Crippen molar-refractivity contribution in [3.63, 3.8) is 0 Å². The lowest BCUT2D eigenvalue weighted by atomic mass is 10.3. The molecule has 0 radical (unpaired) electrons. The van der Waals surface area contributed by atoms with Crippen molar-refractivity contribution >= 4 is 21.5 Å². The first-order chi connectivity index (χ1) is 8.01. The Hall–Kier alpha value is -1.56. The van der Waals surface area contributed by atoms with Crippen molar-refractivity contribution < 1.29 is 13.7 Å². The van der Waals surface area contributed by atoms with E-state index in [0.717, 1.165) is 0 Å². The second-order valence-electron chi connectivity index (χ2n) is 3.29. The lowest BCUT2D eigenvalue weighted by Gasteiger charge is -2.07. The first-order valence-corrected chi connectivity index (χ1v) is 6.97. The van der Waals surface area contributed by atoms with Gasteiger partial charge in [-0.05, 0) is 31.2 Å². The molecule has 0 heterocycles. The number of amides is 1. The van der Waals surface area contributed by atoms with E-state index >= 15 is 0 Å². The van der Waals surface area contributed by atoms with Crippen LogP contribution in [-0.4, -0.2) is 22.7 Å². The van der Waals surface area contributed by atoms with Crippen molar-refractivity contribution in [2.24, 2.45) is 4.36 Å². The topological polar surface area (TPSA) is 81.8 Å². The van der Waals surface area contributed by atoms with Crippen molar-refractivity contribution in [2.75, 3.05) is 18.1 Å². The predicted molar refractivity (Wildman–Crippen MR) is 67.3 cm³/mol. The number of rotatable bonds is 3. The van der Waals surface area contributed by atoms with E-state index in [1.807, 2.05) is 0 Å². The summed E-state index contributed by atoms with van der Waals surface area (Å²) < 4.78 is 20.8. The molecule has 0 spiro atoms. The number of carbonyl (C=O) groups is 1. The number of nitrogens with two attached hydrogens (primary N) is 1. The highest BCUT2D eigenvalue weighted by Crippen LogP contribution is 2.16. The van der Waals surface area contributed by atoms with Gasteiger partial charge >= 0.3 is 6.09 Å². The van der Waals surface area contributed by atoms with Crippen LogP contribution in [0, 0.1) is 0 Å². The Bertz CT molecular complexity index is 502. The SMILES string of the molecule is CCOC(=O)N=S(=O)(CC)c1ccc(N)cc1. The van der Waals surface area contributed by atoms with Crippen LogP contribution in [0.2, 0.25) is 0 Å². The highest BCUT2D eigenvalue weighted by Gasteiger charge is 2.13. The minimum absolute atomic E-state index is 0.212. The van der Waals surface area contributed by atoms with E-state index in [1.54, 1.807) is 38.1 Å². The van der Waals surface area contributed by atoms with E-state index in [1.165, 1.54) is 0 Å². The van der Waals surface area contributed by atoms with Crippen molar-refractivity contribution in [3.05, 3.63) is 24.3 Å². The van der Waals surface area contributed by atoms with Crippen LogP contribution in [0.4, 0.5) is 10.5 Å². The summed E-state index contributed by atoms with van der Waals surface area (Å²) in [5.41, 5.74) is 6.12. The largest absolute Gasteiger partial charge is 0.448 e. The third-order valence-corrected chi connectivity index (χ3v) is 4.36. The normalized spacial score (nSPS) is 13.8. The summed E-state index contributed by atoms with van der Waals surface area (Å²) in [6, 6.07) is 6.49. The fourth-order valence-corrected chi connectivity index (χ4v) is 2.66. The van der Waals surface area contributed by atoms with Gasteiger partial charge in [-0.2, -0.15) is 0 Å². The van der Waals surface area contributed by atoms with Gasteiger partial charge < -0.3 is 10.5 Å². The zero-order valence-corrected chi connectivity index (χ0v) is 10.7. The van der Waals surface area contributed by atoms with Gasteiger partial charge in [0.15, 0.2) is 0 Å². The van der Waals surface area contributed by atoms with Crippen LogP contribution in [0.1, 0.15) is 13.8 Å². The molecular weight excluding hydrogens is 240 g/mol. The van der Waals surface area contributed by atoms with Crippen molar-refractivity contribution in [1.82, 2.24) is 0 Å². The van der Waals surface area contributed by atoms with Crippen molar-refractivity contribution in [2.45, 2.75) is 18.7 Å². The van der Waals surface area contributed by atoms with Crippen LogP contribution in [-0.2, 0) is 14.5 Å². The molecule has 6 heteroatoms. The predicted octanol–water partition coefficient (Wildman–Crippen LogP) is 2.27. The molecule has 1 aromatic rings. The quantitative estimate of drug-likeness (QED) is 0.841. The number of hydrogen-bond acceptors (Lipinski definition) is 4. The fourth-order valence-electron chi connectivity index (χ4n) is 1.23. The van der Waals surface area contributed by atoms with E-state index in [0.29, 0.717) is 10.6 Å². The highest BCUT2D eigenvalue weighted by molar-refractivity contribution is 7.93. The molecule has 0 aliphatic heterocycles. The molecular formula is C11H16N2O3S. The summed E-state index contributed by atoms with van der Waals surface area (Å²) >= 11 is 0. The van der Waals surface area contributed by atoms with Crippen molar-refractivity contribution in [1.29, 1.82) is 0 Å². The Morgan fingerprint density at radius 1 is 1.35 bits per heavy atom. The summed E-state index contributed by atoms with van der Waals surface area (Å²) in [5.74, 6) is 0.246. The van der Waals surface area contributed by atoms with Crippen LogP contribution >= 0.6 is 0 Å². The summed E-state index contributed by atoms with van der Waals surface area (Å²) in [5, 5.41) is 0. The molecule has 1 amide bonds. The molecule has 2 N–H and O–H groups in total. The number of nitrogen functional groups attached to an aromatic ring is 1. The van der Waals surface area contributed by atoms with Crippen LogP contribution in [0.3, 0.4) is 0 Å². The Balaban J connectivity index is 3.16. The number of benzene rings is 1. The molecule has 0 aromatic heterocycles. The van der Waals surface area contributed by atoms with Crippen LogP contribution in [0.25, 0.3) is 0 Å². The lowest BCUT2D eigenvalue weighted by Crippen LogP contribution is -2.09. The Kier molecular flexibility index (Phi) is 4.51. The number of carbonyl (C=O) groups excluding carboxylic acids is 1. The zero-order valence-electron chi connectivity index (χ0n) is 9.88. The standard InChI is InChI=1S/C11H16N2O3S/c1-3-16-11(14)13-17(15,4-2)10-7-5-9(12)6-8-10/h5-8H,3-4,12H2,1-2H3. The first-order valence-electron chi connectivity index (χ1n) is 5.29. The molecule has 0 bridgehead atoms. The number of anilines is 1. The van der Waals surface area contributed by atoms with E-state index in [2.05, 4.69) is 9.10 Å². The molecule has 1 rings (SSSR count). The van der Waals surface area contributed by atoms with Gasteiger partial charge in [0.05, 0.1) is 16.3 Å². The highest BCUT2D eigenvalue weighted by atomic mass is 32.2. The van der Waals surface area contributed by atoms with Crippen molar-refractivity contribution in [3.8, 4) is 0 Å². The number of ether oxygens (including phenoxy) is 1. The van der Waals surface area contributed by atoms with E-state index < -0.39 is 15.8 Å². The van der Waals surface area contributed by atoms with Gasteiger partial charge in [0.1, 0.15) is 0 Å². The number of nitrogens with zero attached hydrogens (tertiary/aromatic N) is 1. The van der Waals surface area contributed by atoms with E-state index in [9.17, 15) is 9.00 Å². The molecule has 0 saturated heterocycles. The third-order valence-electron chi connectivity index (χ3n) is 2.13. The zero-order chi connectivity index (χ0) is 12.9. The number of hydrogen-bond donors (Lipinski definition) is 1. The maximum absolute atomic E-state index is 12.4. The lowest BCUT2D eigenvalue weighted by molar-refractivity contribution is 0.164. The minimum atomic E-state index is -2.75. The summed E-state index contributed by atoms with van der Waals surface area (Å²) in [6.07, 6.45) is -0.795. The van der Waals surface area contributed by atoms with Gasteiger partial charge in [-0.1, -0.05) is 6.92 Å². The summed E-state index contributed by atoms with van der Waals surface area (Å²) in [7, 11) is -2.75. The molecule has 1 aromatic carbocycles. The average Bonchev–Trinajstić information content (AvgIpc) is 2.30. The molecule has 17 heavy (non-hydrogen) atoms. The van der Waals surface area contributed by atoms with E-state index in [4.69, 9.17) is 5.73 Å². The molecule has 0 fully saturated rings. The molecule has 5 nitrogen and oxygen atoms in total. The molecule has 1 unspecified atom stereocenters. The van der Waals surface area contributed by atoms with Gasteiger partial charge in [-0.25, -0.2) is 9.00 Å². The fraction of sp³-hybridized carbons (Fsp3) is 0.364. The van der Waals surface area contributed by atoms with Gasteiger partial charge in [0.25, 0.3) is 0 Å².